The Bertz CT molecular complexity index is 3450. The van der Waals surface area contributed by atoms with Crippen molar-refractivity contribution in [3.63, 3.8) is 0 Å². The lowest BCUT2D eigenvalue weighted by Crippen LogP contribution is -2.22. The lowest BCUT2D eigenvalue weighted by atomic mass is 10.0. The summed E-state index contributed by atoms with van der Waals surface area (Å²) in [6.45, 7) is 4.28. The monoisotopic (exact) mass is 808 g/mol. The zero-order valence-electron chi connectivity index (χ0n) is 35.2. The molecule has 0 spiro atoms. The van der Waals surface area contributed by atoms with Crippen LogP contribution in [0.25, 0.3) is 83.5 Å². The Hall–Kier alpha value is -8.14. The predicted octanol–water partition coefficient (Wildman–Crippen LogP) is 15.0. The predicted molar refractivity (Wildman–Crippen MR) is 266 cm³/mol. The van der Waals surface area contributed by atoms with E-state index in [1.165, 1.54) is 44.1 Å². The Morgan fingerprint density at radius 1 is 0.444 bits per heavy atom. The van der Waals surface area contributed by atoms with Crippen molar-refractivity contribution < 1.29 is 4.42 Å². The highest BCUT2D eigenvalue weighted by molar-refractivity contribution is 6.11. The summed E-state index contributed by atoms with van der Waals surface area (Å²) in [4.78, 5) is 2.33. The van der Waals surface area contributed by atoms with Crippen molar-refractivity contribution in [1.29, 1.82) is 0 Å². The summed E-state index contributed by atoms with van der Waals surface area (Å²) in [5.74, 6) is 0. The zero-order chi connectivity index (χ0) is 42.3. The van der Waals surface area contributed by atoms with Crippen LogP contribution in [0.5, 0.6) is 0 Å². The van der Waals surface area contributed by atoms with Crippen LogP contribution in [0, 0.1) is 0 Å². The first-order valence-corrected chi connectivity index (χ1v) is 21.6. The van der Waals surface area contributed by atoms with Gasteiger partial charge >= 0.3 is 0 Å². The Morgan fingerprint density at radius 3 is 1.54 bits per heavy atom. The van der Waals surface area contributed by atoms with Crippen molar-refractivity contribution in [2.75, 3.05) is 4.90 Å². The molecule has 63 heavy (non-hydrogen) atoms. The van der Waals surface area contributed by atoms with Crippen LogP contribution in [0.4, 0.5) is 17.1 Å². The molecule has 3 nitrogen and oxygen atoms in total. The number of para-hydroxylation sites is 3. The second-order valence-corrected chi connectivity index (χ2v) is 16.1. The first-order valence-electron chi connectivity index (χ1n) is 21.6. The van der Waals surface area contributed by atoms with E-state index < -0.39 is 0 Å². The van der Waals surface area contributed by atoms with Crippen molar-refractivity contribution in [1.82, 2.24) is 4.57 Å². The molecule has 300 valence electrons. The summed E-state index contributed by atoms with van der Waals surface area (Å²) in [7, 11) is 0. The highest BCUT2D eigenvalue weighted by Gasteiger charge is 2.18. The minimum atomic E-state index is 0.888. The molecule has 2 aromatic heterocycles. The summed E-state index contributed by atoms with van der Waals surface area (Å²) in [6.07, 6.45) is 2.18. The third-order valence-electron chi connectivity index (χ3n) is 12.4. The minimum absolute atomic E-state index is 0.888. The van der Waals surface area contributed by atoms with Gasteiger partial charge in [-0.05, 0) is 120 Å². The Labute approximate surface area is 367 Å². The molecule has 0 N–H and O–H groups in total. The van der Waals surface area contributed by atoms with E-state index in [0.717, 1.165) is 66.6 Å². The fourth-order valence-corrected chi connectivity index (χ4v) is 9.23. The Kier molecular flexibility index (Phi) is 9.63. The van der Waals surface area contributed by atoms with Crippen LogP contribution in [0.2, 0.25) is 0 Å². The van der Waals surface area contributed by atoms with Gasteiger partial charge in [0.15, 0.2) is 0 Å². The van der Waals surface area contributed by atoms with Gasteiger partial charge in [-0.15, -0.1) is 0 Å². The molecular formula is C60H44N2O. The van der Waals surface area contributed by atoms with E-state index >= 15 is 0 Å². The topological polar surface area (TPSA) is 21.3 Å². The molecule has 0 aliphatic carbocycles. The number of nitrogens with zero attached hydrogens (tertiary/aromatic N) is 2. The van der Waals surface area contributed by atoms with Gasteiger partial charge in [0, 0.05) is 49.7 Å². The molecule has 9 aromatic carbocycles. The average Bonchev–Trinajstić information content (AvgIpc) is 3.91. The van der Waals surface area contributed by atoms with Gasteiger partial charge in [0.1, 0.15) is 11.0 Å². The standard InChI is InChI=1S/C60H44N2O/c1-3-52-55-24-15-23-53(47-32-39-58-56(40-47)54-22-13-14-25-57(54)62(58)48-20-11-6-12-21-48)60(55)63-59(52)41(2)42-26-33-49(34-27-42)61(50-35-28-45(29-36-50)43-16-7-4-8-17-43)51-37-30-46(31-38-51)44-18-9-5-10-19-44/h3-40H,1-2H3/b52-3-,59-41-. The van der Waals surface area contributed by atoms with Crippen LogP contribution >= 0.6 is 0 Å². The molecule has 0 amide bonds. The van der Waals surface area contributed by atoms with Gasteiger partial charge in [0.2, 0.25) is 0 Å². The number of anilines is 3. The summed E-state index contributed by atoms with van der Waals surface area (Å²) < 4.78 is 9.35. The average molecular weight is 809 g/mol. The zero-order valence-corrected chi connectivity index (χ0v) is 35.2. The Balaban J connectivity index is 0.988. The summed E-state index contributed by atoms with van der Waals surface area (Å²) in [5.41, 5.74) is 17.7. The van der Waals surface area contributed by atoms with Crippen molar-refractivity contribution in [2.24, 2.45) is 0 Å². The van der Waals surface area contributed by atoms with Gasteiger partial charge in [-0.2, -0.15) is 0 Å². The van der Waals surface area contributed by atoms with E-state index in [-0.39, 0.29) is 0 Å². The van der Waals surface area contributed by atoms with E-state index in [0.29, 0.717) is 0 Å². The third kappa shape index (κ3) is 6.81. The number of benzene rings is 9. The van der Waals surface area contributed by atoms with Crippen molar-refractivity contribution in [2.45, 2.75) is 13.8 Å². The normalized spacial score (nSPS) is 12.3. The molecule has 0 unspecified atom stereocenters. The first-order chi connectivity index (χ1) is 31.1. The maximum Gasteiger partial charge on any atom is 0.143 e. The fourth-order valence-electron chi connectivity index (χ4n) is 9.23. The summed E-state index contributed by atoms with van der Waals surface area (Å²) in [5, 5.41) is 4.66. The van der Waals surface area contributed by atoms with E-state index in [4.69, 9.17) is 4.42 Å². The van der Waals surface area contributed by atoms with E-state index in [1.807, 2.05) is 0 Å². The van der Waals surface area contributed by atoms with Crippen LogP contribution < -0.4 is 15.5 Å². The van der Waals surface area contributed by atoms with Gasteiger partial charge in [0.05, 0.1) is 11.0 Å². The minimum Gasteiger partial charge on any atom is -0.455 e. The van der Waals surface area contributed by atoms with Crippen LogP contribution in [0.15, 0.2) is 229 Å². The molecule has 0 aliphatic heterocycles. The summed E-state index contributed by atoms with van der Waals surface area (Å²) in [6, 6.07) is 80.3. The maximum atomic E-state index is 6.99. The number of furan rings is 1. The Morgan fingerprint density at radius 2 is 0.937 bits per heavy atom. The lowest BCUT2D eigenvalue weighted by molar-refractivity contribution is 0.573. The highest BCUT2D eigenvalue weighted by atomic mass is 16.3. The number of hydrogen-bond acceptors (Lipinski definition) is 2. The molecular weight excluding hydrogens is 765 g/mol. The molecule has 3 heteroatoms. The van der Waals surface area contributed by atoms with Gasteiger partial charge < -0.3 is 13.9 Å². The largest absolute Gasteiger partial charge is 0.455 e. The SMILES string of the molecule is C/C=c1\c(=C(/C)c2ccc(N(c3ccc(-c4ccccc4)cc3)c3ccc(-c4ccccc4)cc3)cc2)oc2c(-c3ccc4c(c3)c3ccccc3n4-c3ccccc3)cccc12. The van der Waals surface area contributed by atoms with Crippen LogP contribution in [0.3, 0.4) is 0 Å². The van der Waals surface area contributed by atoms with Crippen molar-refractivity contribution in [3.05, 3.63) is 241 Å². The fraction of sp³-hybridized carbons (Fsp3) is 0.0333. The third-order valence-corrected chi connectivity index (χ3v) is 12.4. The highest BCUT2D eigenvalue weighted by Crippen LogP contribution is 2.39. The molecule has 11 rings (SSSR count). The molecule has 0 fully saturated rings. The maximum absolute atomic E-state index is 6.99. The van der Waals surface area contributed by atoms with Gasteiger partial charge in [-0.25, -0.2) is 0 Å². The van der Waals surface area contributed by atoms with Crippen LogP contribution in [-0.4, -0.2) is 4.57 Å². The summed E-state index contributed by atoms with van der Waals surface area (Å²) >= 11 is 0. The second kappa shape index (κ2) is 16.0. The molecule has 0 atom stereocenters. The molecule has 0 aliphatic rings. The lowest BCUT2D eigenvalue weighted by Gasteiger charge is -2.26. The molecule has 11 aromatic rings. The number of aromatic nitrogens is 1. The first kappa shape index (κ1) is 37.8. The quantitative estimate of drug-likeness (QED) is 0.152. The van der Waals surface area contributed by atoms with E-state index in [9.17, 15) is 0 Å². The van der Waals surface area contributed by atoms with Crippen LogP contribution in [0.1, 0.15) is 19.4 Å². The van der Waals surface area contributed by atoms with Crippen molar-refractivity contribution >= 4 is 61.5 Å². The molecule has 0 saturated heterocycles. The smallest absolute Gasteiger partial charge is 0.143 e. The number of fused-ring (bicyclic) bond motifs is 4. The van der Waals surface area contributed by atoms with Gasteiger partial charge in [-0.1, -0.05) is 164 Å². The van der Waals surface area contributed by atoms with Gasteiger partial charge in [0.25, 0.3) is 0 Å². The van der Waals surface area contributed by atoms with E-state index in [2.05, 4.69) is 254 Å². The number of rotatable bonds is 8. The number of hydrogen-bond donors (Lipinski definition) is 0. The molecule has 0 radical (unpaired) electrons. The van der Waals surface area contributed by atoms with E-state index in [1.54, 1.807) is 0 Å². The molecule has 0 bridgehead atoms. The molecule has 0 saturated carbocycles. The van der Waals surface area contributed by atoms with Crippen molar-refractivity contribution in [3.8, 4) is 39.1 Å². The van der Waals surface area contributed by atoms with Crippen LogP contribution in [-0.2, 0) is 0 Å². The second-order valence-electron chi connectivity index (χ2n) is 16.1. The molecule has 2 heterocycles. The van der Waals surface area contributed by atoms with Gasteiger partial charge in [-0.3, -0.25) is 0 Å².